The van der Waals surface area contributed by atoms with Crippen molar-refractivity contribution in [2.24, 2.45) is 0 Å². The highest BCUT2D eigenvalue weighted by Crippen LogP contribution is 2.10. The van der Waals surface area contributed by atoms with Crippen LogP contribution in [0.4, 0.5) is 5.69 Å². The zero-order valence-electron chi connectivity index (χ0n) is 14.0. The van der Waals surface area contributed by atoms with Gasteiger partial charge in [0.05, 0.1) is 0 Å². The van der Waals surface area contributed by atoms with E-state index in [1.54, 1.807) is 48.5 Å². The van der Waals surface area contributed by atoms with E-state index in [1.807, 2.05) is 6.07 Å². The van der Waals surface area contributed by atoms with Crippen LogP contribution in [-0.2, 0) is 0 Å². The molecule has 2 rings (SSSR count). The molecule has 0 unspecified atom stereocenters. The standard InChI is InChI=1S/C19H21N3O2S/c1-2-3-13-20-17(23)15-9-11-16(12-10-15)21-19(25)22-18(24)14-7-5-4-6-8-14/h4-12H,2-3,13H2,1H3,(H,20,23)(H2,21,22,24,25). The Hall–Kier alpha value is -2.73. The predicted octanol–water partition coefficient (Wildman–Crippen LogP) is 3.34. The summed E-state index contributed by atoms with van der Waals surface area (Å²) in [5.74, 6) is -0.370. The number of rotatable bonds is 6. The molecule has 0 fully saturated rings. The van der Waals surface area contributed by atoms with E-state index in [2.05, 4.69) is 22.9 Å². The molecule has 0 aromatic heterocycles. The molecule has 0 bridgehead atoms. The van der Waals surface area contributed by atoms with Gasteiger partial charge in [-0.25, -0.2) is 0 Å². The van der Waals surface area contributed by atoms with Gasteiger partial charge in [0, 0.05) is 23.4 Å². The Labute approximate surface area is 152 Å². The SMILES string of the molecule is CCCCNC(=O)c1ccc(NC(=S)NC(=O)c2ccccc2)cc1. The molecule has 0 aliphatic carbocycles. The lowest BCUT2D eigenvalue weighted by molar-refractivity contribution is 0.0950. The van der Waals surface area contributed by atoms with E-state index in [0.29, 0.717) is 23.4 Å². The fourth-order valence-electron chi connectivity index (χ4n) is 2.11. The van der Waals surface area contributed by atoms with Gasteiger partial charge in [-0.15, -0.1) is 0 Å². The van der Waals surface area contributed by atoms with E-state index in [-0.39, 0.29) is 16.9 Å². The van der Waals surface area contributed by atoms with Gasteiger partial charge in [-0.3, -0.25) is 14.9 Å². The molecule has 0 spiro atoms. The maximum atomic E-state index is 12.0. The second-order valence-corrected chi connectivity index (χ2v) is 5.87. The van der Waals surface area contributed by atoms with Crippen LogP contribution in [0.15, 0.2) is 54.6 Å². The zero-order chi connectivity index (χ0) is 18.1. The molecule has 5 nitrogen and oxygen atoms in total. The summed E-state index contributed by atoms with van der Waals surface area (Å²) < 4.78 is 0. The van der Waals surface area contributed by atoms with Crippen molar-refractivity contribution >= 4 is 34.8 Å². The first kappa shape index (κ1) is 18.6. The lowest BCUT2D eigenvalue weighted by Crippen LogP contribution is -2.34. The van der Waals surface area contributed by atoms with Crippen molar-refractivity contribution in [1.29, 1.82) is 0 Å². The van der Waals surface area contributed by atoms with Gasteiger partial charge in [0.2, 0.25) is 0 Å². The van der Waals surface area contributed by atoms with E-state index in [9.17, 15) is 9.59 Å². The fraction of sp³-hybridized carbons (Fsp3) is 0.211. The summed E-state index contributed by atoms with van der Waals surface area (Å²) in [4.78, 5) is 24.0. The van der Waals surface area contributed by atoms with Gasteiger partial charge in [-0.05, 0) is 55.0 Å². The van der Waals surface area contributed by atoms with E-state index < -0.39 is 0 Å². The number of benzene rings is 2. The summed E-state index contributed by atoms with van der Waals surface area (Å²) in [6.45, 7) is 2.75. The predicted molar refractivity (Wildman–Crippen MR) is 104 cm³/mol. The molecular formula is C19H21N3O2S. The average Bonchev–Trinajstić information content (AvgIpc) is 2.63. The van der Waals surface area contributed by atoms with Gasteiger partial charge in [0.15, 0.2) is 5.11 Å². The number of nitrogens with one attached hydrogen (secondary N) is 3. The Kier molecular flexibility index (Phi) is 7.10. The van der Waals surface area contributed by atoms with Crippen LogP contribution in [0.25, 0.3) is 0 Å². The third kappa shape index (κ3) is 6.00. The summed E-state index contributed by atoms with van der Waals surface area (Å²) in [6, 6.07) is 15.8. The minimum absolute atomic E-state index is 0.0973. The lowest BCUT2D eigenvalue weighted by atomic mass is 10.2. The maximum Gasteiger partial charge on any atom is 0.257 e. The smallest absolute Gasteiger partial charge is 0.257 e. The minimum atomic E-state index is -0.273. The van der Waals surface area contributed by atoms with Crippen molar-refractivity contribution in [3.8, 4) is 0 Å². The molecule has 0 atom stereocenters. The number of hydrogen-bond donors (Lipinski definition) is 3. The molecule has 2 aromatic carbocycles. The summed E-state index contributed by atoms with van der Waals surface area (Å²) in [7, 11) is 0. The van der Waals surface area contributed by atoms with Crippen molar-refractivity contribution in [1.82, 2.24) is 10.6 Å². The first-order valence-corrected chi connectivity index (χ1v) is 8.56. The molecule has 25 heavy (non-hydrogen) atoms. The van der Waals surface area contributed by atoms with Gasteiger partial charge >= 0.3 is 0 Å². The maximum absolute atomic E-state index is 12.0. The second-order valence-electron chi connectivity index (χ2n) is 5.46. The molecule has 6 heteroatoms. The highest BCUT2D eigenvalue weighted by Gasteiger charge is 2.08. The first-order valence-electron chi connectivity index (χ1n) is 8.16. The van der Waals surface area contributed by atoms with E-state index in [4.69, 9.17) is 12.2 Å². The Bertz CT molecular complexity index is 730. The van der Waals surface area contributed by atoms with Crippen LogP contribution in [0, 0.1) is 0 Å². The molecule has 0 saturated heterocycles. The molecule has 0 aliphatic heterocycles. The van der Waals surface area contributed by atoms with Gasteiger partial charge in [-0.2, -0.15) is 0 Å². The number of amides is 2. The van der Waals surface area contributed by atoms with E-state index in [0.717, 1.165) is 12.8 Å². The molecule has 2 aromatic rings. The molecule has 0 radical (unpaired) electrons. The normalized spacial score (nSPS) is 9.96. The number of carbonyl (C=O) groups excluding carboxylic acids is 2. The minimum Gasteiger partial charge on any atom is -0.352 e. The number of hydrogen-bond acceptors (Lipinski definition) is 3. The van der Waals surface area contributed by atoms with Crippen LogP contribution in [-0.4, -0.2) is 23.5 Å². The molecular weight excluding hydrogens is 334 g/mol. The Morgan fingerprint density at radius 1 is 0.920 bits per heavy atom. The summed E-state index contributed by atoms with van der Waals surface area (Å²) in [6.07, 6.45) is 2.00. The third-order valence-corrected chi connectivity index (χ3v) is 3.69. The molecule has 2 amide bonds. The number of thiocarbonyl (C=S) groups is 1. The number of carbonyl (C=O) groups is 2. The van der Waals surface area contributed by atoms with Crippen molar-refractivity contribution in [3.05, 3.63) is 65.7 Å². The van der Waals surface area contributed by atoms with Crippen molar-refractivity contribution in [3.63, 3.8) is 0 Å². The average molecular weight is 355 g/mol. The molecule has 0 saturated carbocycles. The van der Waals surface area contributed by atoms with Crippen molar-refractivity contribution < 1.29 is 9.59 Å². The largest absolute Gasteiger partial charge is 0.352 e. The third-order valence-electron chi connectivity index (χ3n) is 3.48. The van der Waals surface area contributed by atoms with Crippen LogP contribution in [0.1, 0.15) is 40.5 Å². The fourth-order valence-corrected chi connectivity index (χ4v) is 2.32. The highest BCUT2D eigenvalue weighted by molar-refractivity contribution is 7.80. The highest BCUT2D eigenvalue weighted by atomic mass is 32.1. The number of unbranched alkanes of at least 4 members (excludes halogenated alkanes) is 1. The van der Waals surface area contributed by atoms with Crippen LogP contribution in [0.3, 0.4) is 0 Å². The van der Waals surface area contributed by atoms with Crippen LogP contribution in [0.5, 0.6) is 0 Å². The van der Waals surface area contributed by atoms with Crippen LogP contribution in [0.2, 0.25) is 0 Å². The zero-order valence-corrected chi connectivity index (χ0v) is 14.9. The topological polar surface area (TPSA) is 70.2 Å². The quantitative estimate of drug-likeness (QED) is 0.549. The molecule has 130 valence electrons. The van der Waals surface area contributed by atoms with Gasteiger partial charge in [0.1, 0.15) is 0 Å². The van der Waals surface area contributed by atoms with E-state index >= 15 is 0 Å². The Morgan fingerprint density at radius 2 is 1.56 bits per heavy atom. The van der Waals surface area contributed by atoms with Crippen molar-refractivity contribution in [2.45, 2.75) is 19.8 Å². The Morgan fingerprint density at radius 3 is 2.20 bits per heavy atom. The Balaban J connectivity index is 1.87. The second kappa shape index (κ2) is 9.54. The van der Waals surface area contributed by atoms with Crippen molar-refractivity contribution in [2.75, 3.05) is 11.9 Å². The summed E-state index contributed by atoms with van der Waals surface area (Å²) >= 11 is 5.14. The van der Waals surface area contributed by atoms with Gasteiger partial charge in [-0.1, -0.05) is 31.5 Å². The molecule has 0 heterocycles. The van der Waals surface area contributed by atoms with Gasteiger partial charge in [0.25, 0.3) is 11.8 Å². The first-order chi connectivity index (χ1) is 12.1. The molecule has 0 aliphatic rings. The summed E-state index contributed by atoms with van der Waals surface area (Å²) in [5, 5.41) is 8.61. The van der Waals surface area contributed by atoms with Crippen LogP contribution < -0.4 is 16.0 Å². The monoisotopic (exact) mass is 355 g/mol. The van der Waals surface area contributed by atoms with Gasteiger partial charge < -0.3 is 10.6 Å². The number of anilines is 1. The van der Waals surface area contributed by atoms with E-state index in [1.165, 1.54) is 0 Å². The van der Waals surface area contributed by atoms with Crippen LogP contribution >= 0.6 is 12.2 Å². The lowest BCUT2D eigenvalue weighted by Gasteiger charge is -2.10. The molecule has 3 N–H and O–H groups in total. The summed E-state index contributed by atoms with van der Waals surface area (Å²) in [5.41, 5.74) is 1.81.